The summed E-state index contributed by atoms with van der Waals surface area (Å²) in [6.45, 7) is 4.65. The number of allylic oxidation sites excluding steroid dienone is 3. The van der Waals surface area contributed by atoms with Crippen molar-refractivity contribution in [3.05, 3.63) is 24.4 Å². The van der Waals surface area contributed by atoms with Gasteiger partial charge in [-0.25, -0.2) is 0 Å². The van der Waals surface area contributed by atoms with Crippen LogP contribution in [0.3, 0.4) is 0 Å². The molecule has 0 atom stereocenters. The maximum absolute atomic E-state index is 3.72. The van der Waals surface area contributed by atoms with Crippen molar-refractivity contribution in [2.24, 2.45) is 5.10 Å². The first-order valence-corrected chi connectivity index (χ1v) is 5.02. The minimum atomic E-state index is 1.14. The van der Waals surface area contributed by atoms with Crippen molar-refractivity contribution in [3.8, 4) is 0 Å². The predicted octanol–water partition coefficient (Wildman–Crippen LogP) is 0.215. The fourth-order valence-corrected chi connectivity index (χ4v) is 1.11. The summed E-state index contributed by atoms with van der Waals surface area (Å²) < 4.78 is 0. The molecule has 2 heterocycles. The molecule has 4 nitrogen and oxygen atoms in total. The van der Waals surface area contributed by atoms with Gasteiger partial charge in [-0.3, -0.25) is 5.43 Å². The highest BCUT2D eigenvalue weighted by Gasteiger charge is 1.92. The number of nitrogens with one attached hydrogen (secondary N) is 3. The van der Waals surface area contributed by atoms with Gasteiger partial charge in [0, 0.05) is 25.5 Å². The average Bonchev–Trinajstić information content (AvgIpc) is 2.68. The standard InChI is InChI=1S/C5H12N2.C5H6N2/c1-2-6-4-5-7-3-1;1-2-4-6-7-5-3-1/h6-7H,1-5H2;1-6H. The van der Waals surface area contributed by atoms with E-state index in [-0.39, 0.29) is 0 Å². The van der Waals surface area contributed by atoms with Crippen molar-refractivity contribution in [2.45, 2.75) is 6.42 Å². The van der Waals surface area contributed by atoms with E-state index in [0.29, 0.717) is 0 Å². The fraction of sp³-hybridized carbons (Fsp3) is 0.500. The molecule has 3 N–H and O–H groups in total. The average molecular weight is 194 g/mol. The normalized spacial score (nSPS) is 20.0. The van der Waals surface area contributed by atoms with Crippen LogP contribution in [0.5, 0.6) is 0 Å². The lowest BCUT2D eigenvalue weighted by Crippen LogP contribution is -2.21. The lowest BCUT2D eigenvalue weighted by atomic mass is 10.4. The SMILES string of the molecule is C1=CC=NNC=C1.C1CNCCNC1. The highest BCUT2D eigenvalue weighted by Crippen LogP contribution is 1.76. The van der Waals surface area contributed by atoms with Gasteiger partial charge < -0.3 is 10.6 Å². The Labute approximate surface area is 85.2 Å². The molecule has 0 aliphatic carbocycles. The van der Waals surface area contributed by atoms with Gasteiger partial charge in [-0.15, -0.1) is 0 Å². The Kier molecular flexibility index (Phi) is 6.62. The van der Waals surface area contributed by atoms with Crippen molar-refractivity contribution in [1.82, 2.24) is 16.1 Å². The second-order valence-electron chi connectivity index (χ2n) is 3.00. The van der Waals surface area contributed by atoms with E-state index < -0.39 is 0 Å². The van der Waals surface area contributed by atoms with E-state index in [1.807, 2.05) is 18.2 Å². The van der Waals surface area contributed by atoms with E-state index in [0.717, 1.165) is 13.1 Å². The summed E-state index contributed by atoms with van der Waals surface area (Å²) >= 11 is 0. The van der Waals surface area contributed by atoms with Crippen molar-refractivity contribution < 1.29 is 0 Å². The first-order valence-electron chi connectivity index (χ1n) is 5.02. The van der Waals surface area contributed by atoms with Crippen LogP contribution in [0.1, 0.15) is 6.42 Å². The van der Waals surface area contributed by atoms with Gasteiger partial charge in [0.2, 0.25) is 0 Å². The lowest BCUT2D eigenvalue weighted by molar-refractivity contribution is 0.718. The molecule has 0 aromatic carbocycles. The van der Waals surface area contributed by atoms with Crippen LogP contribution in [0.25, 0.3) is 0 Å². The van der Waals surface area contributed by atoms with Crippen LogP contribution in [-0.4, -0.2) is 32.4 Å². The lowest BCUT2D eigenvalue weighted by Gasteiger charge is -1.92. The number of hydrogen-bond acceptors (Lipinski definition) is 4. The molecule has 2 aliphatic rings. The largest absolute Gasteiger partial charge is 0.315 e. The van der Waals surface area contributed by atoms with Gasteiger partial charge in [0.05, 0.1) is 0 Å². The van der Waals surface area contributed by atoms with Gasteiger partial charge in [-0.1, -0.05) is 6.08 Å². The maximum Gasteiger partial charge on any atom is 0.0472 e. The predicted molar refractivity (Wildman–Crippen MR) is 60.3 cm³/mol. The number of nitrogens with zero attached hydrogens (tertiary/aromatic N) is 1. The van der Waals surface area contributed by atoms with Crippen LogP contribution in [0.4, 0.5) is 0 Å². The summed E-state index contributed by atoms with van der Waals surface area (Å²) in [5.74, 6) is 0. The Bertz CT molecular complexity index is 175. The van der Waals surface area contributed by atoms with Crippen molar-refractivity contribution in [1.29, 1.82) is 0 Å². The molecule has 2 rings (SSSR count). The monoisotopic (exact) mass is 194 g/mol. The topological polar surface area (TPSA) is 48.5 Å². The molecule has 0 spiro atoms. The third kappa shape index (κ3) is 6.39. The first kappa shape index (κ1) is 10.9. The minimum absolute atomic E-state index is 1.14. The molecule has 1 saturated heterocycles. The molecule has 2 aliphatic heterocycles. The Hall–Kier alpha value is -1.13. The van der Waals surface area contributed by atoms with Gasteiger partial charge in [0.15, 0.2) is 0 Å². The van der Waals surface area contributed by atoms with Gasteiger partial charge in [-0.05, 0) is 31.7 Å². The number of rotatable bonds is 0. The van der Waals surface area contributed by atoms with E-state index in [1.165, 1.54) is 19.5 Å². The molecule has 0 radical (unpaired) electrons. The molecular formula is C10H18N4. The molecule has 0 aromatic heterocycles. The zero-order valence-corrected chi connectivity index (χ0v) is 8.37. The molecule has 0 bridgehead atoms. The van der Waals surface area contributed by atoms with Crippen LogP contribution < -0.4 is 16.1 Å². The maximum atomic E-state index is 3.72. The van der Waals surface area contributed by atoms with Crippen molar-refractivity contribution >= 4 is 6.21 Å². The zero-order chi connectivity index (χ0) is 9.90. The van der Waals surface area contributed by atoms with Crippen LogP contribution in [0.2, 0.25) is 0 Å². The highest BCUT2D eigenvalue weighted by molar-refractivity contribution is 5.71. The number of hydrazone groups is 1. The summed E-state index contributed by atoms with van der Waals surface area (Å²) in [7, 11) is 0. The Morgan fingerprint density at radius 2 is 1.64 bits per heavy atom. The molecule has 14 heavy (non-hydrogen) atoms. The molecule has 1 fully saturated rings. The smallest absolute Gasteiger partial charge is 0.0472 e. The second-order valence-corrected chi connectivity index (χ2v) is 3.00. The molecular weight excluding hydrogens is 176 g/mol. The summed E-state index contributed by atoms with van der Waals surface area (Å²) in [4.78, 5) is 0. The summed E-state index contributed by atoms with van der Waals surface area (Å²) in [6, 6.07) is 0. The minimum Gasteiger partial charge on any atom is -0.315 e. The summed E-state index contributed by atoms with van der Waals surface area (Å²) in [5.41, 5.74) is 2.67. The van der Waals surface area contributed by atoms with Crippen LogP contribution >= 0.6 is 0 Å². The van der Waals surface area contributed by atoms with E-state index in [4.69, 9.17) is 0 Å². The van der Waals surface area contributed by atoms with E-state index >= 15 is 0 Å². The summed E-state index contributed by atoms with van der Waals surface area (Å²) in [5, 5.41) is 10.3. The first-order chi connectivity index (χ1) is 7.00. The van der Waals surface area contributed by atoms with E-state index in [9.17, 15) is 0 Å². The van der Waals surface area contributed by atoms with Crippen LogP contribution in [0, 0.1) is 0 Å². The molecule has 0 saturated carbocycles. The number of hydrogen-bond donors (Lipinski definition) is 3. The second kappa shape index (κ2) is 8.47. The zero-order valence-electron chi connectivity index (χ0n) is 8.37. The van der Waals surface area contributed by atoms with Gasteiger partial charge in [-0.2, -0.15) is 5.10 Å². The van der Waals surface area contributed by atoms with Crippen LogP contribution in [-0.2, 0) is 0 Å². The third-order valence-electron chi connectivity index (χ3n) is 1.81. The van der Waals surface area contributed by atoms with Crippen LogP contribution in [0.15, 0.2) is 29.5 Å². The summed E-state index contributed by atoms with van der Waals surface area (Å²) in [6.07, 6.45) is 10.4. The van der Waals surface area contributed by atoms with E-state index in [2.05, 4.69) is 21.2 Å². The Morgan fingerprint density at radius 3 is 2.43 bits per heavy atom. The molecule has 78 valence electrons. The third-order valence-corrected chi connectivity index (χ3v) is 1.81. The van der Waals surface area contributed by atoms with Crippen molar-refractivity contribution in [2.75, 3.05) is 26.2 Å². The molecule has 4 heteroatoms. The quantitative estimate of drug-likeness (QED) is 0.517. The van der Waals surface area contributed by atoms with Crippen molar-refractivity contribution in [3.63, 3.8) is 0 Å². The molecule has 0 unspecified atom stereocenters. The highest BCUT2D eigenvalue weighted by atomic mass is 15.3. The Balaban J connectivity index is 0.000000140. The van der Waals surface area contributed by atoms with Gasteiger partial charge in [0.25, 0.3) is 0 Å². The van der Waals surface area contributed by atoms with Gasteiger partial charge in [0.1, 0.15) is 0 Å². The fourth-order valence-electron chi connectivity index (χ4n) is 1.11. The molecule has 0 amide bonds. The van der Waals surface area contributed by atoms with Gasteiger partial charge >= 0.3 is 0 Å². The molecule has 0 aromatic rings. The Morgan fingerprint density at radius 1 is 0.857 bits per heavy atom. The van der Waals surface area contributed by atoms with E-state index in [1.54, 1.807) is 12.4 Å².